The van der Waals surface area contributed by atoms with E-state index in [2.05, 4.69) is 25.2 Å². The van der Waals surface area contributed by atoms with Crippen molar-refractivity contribution < 1.29 is 4.42 Å². The van der Waals surface area contributed by atoms with Crippen LogP contribution in [0, 0.1) is 12.8 Å². The van der Waals surface area contributed by atoms with Gasteiger partial charge in [0.2, 0.25) is 0 Å². The average molecular weight is 235 g/mol. The van der Waals surface area contributed by atoms with Gasteiger partial charge in [0.1, 0.15) is 11.5 Å². The van der Waals surface area contributed by atoms with E-state index in [1.54, 1.807) is 0 Å². The van der Waals surface area contributed by atoms with Crippen LogP contribution in [0.3, 0.4) is 0 Å². The van der Waals surface area contributed by atoms with Crippen molar-refractivity contribution >= 4 is 0 Å². The molecule has 0 saturated heterocycles. The Kier molecular flexibility index (Phi) is 4.27. The van der Waals surface area contributed by atoms with Gasteiger partial charge in [0.15, 0.2) is 0 Å². The molecule has 1 aliphatic carbocycles. The lowest BCUT2D eigenvalue weighted by Crippen LogP contribution is -2.36. The summed E-state index contributed by atoms with van der Waals surface area (Å²) in [6, 6.07) is 5.04. The maximum Gasteiger partial charge on any atom is 0.120 e. The number of furan rings is 1. The number of nitrogens with one attached hydrogen (secondary N) is 1. The Hall–Kier alpha value is -0.760. The molecule has 1 aromatic heterocycles. The second-order valence-corrected chi connectivity index (χ2v) is 5.52. The quantitative estimate of drug-likeness (QED) is 0.845. The molecule has 17 heavy (non-hydrogen) atoms. The van der Waals surface area contributed by atoms with E-state index in [-0.39, 0.29) is 0 Å². The van der Waals surface area contributed by atoms with E-state index in [9.17, 15) is 0 Å². The van der Waals surface area contributed by atoms with Crippen molar-refractivity contribution in [3.05, 3.63) is 23.7 Å². The molecule has 0 aliphatic heterocycles. The van der Waals surface area contributed by atoms with Gasteiger partial charge in [0.05, 0.1) is 6.04 Å². The molecule has 1 heterocycles. The molecule has 2 heteroatoms. The molecule has 96 valence electrons. The highest BCUT2D eigenvalue weighted by atomic mass is 16.3. The summed E-state index contributed by atoms with van der Waals surface area (Å²) in [7, 11) is 0. The molecule has 0 aromatic carbocycles. The second kappa shape index (κ2) is 5.72. The lowest BCUT2D eigenvalue weighted by Gasteiger charge is -2.30. The predicted molar refractivity (Wildman–Crippen MR) is 71.0 cm³/mol. The average Bonchev–Trinajstić information content (AvgIpc) is 2.77. The van der Waals surface area contributed by atoms with E-state index < -0.39 is 0 Å². The van der Waals surface area contributed by atoms with Crippen LogP contribution in [0.2, 0.25) is 0 Å². The standard InChI is InChI=1S/C15H25NO/c1-11-9-10-15(17-11)13(3)16-12(2)14-7-5-4-6-8-14/h9-10,12-14,16H,4-8H2,1-3H3/t12-,13?/m1/s1. The molecule has 0 amide bonds. The minimum Gasteiger partial charge on any atom is -0.465 e. The summed E-state index contributed by atoms with van der Waals surface area (Å²) in [5.41, 5.74) is 0. The van der Waals surface area contributed by atoms with Crippen molar-refractivity contribution in [3.63, 3.8) is 0 Å². The zero-order valence-electron chi connectivity index (χ0n) is 11.3. The van der Waals surface area contributed by atoms with Gasteiger partial charge >= 0.3 is 0 Å². The van der Waals surface area contributed by atoms with Crippen molar-refractivity contribution in [1.29, 1.82) is 0 Å². The van der Waals surface area contributed by atoms with Crippen LogP contribution in [0.4, 0.5) is 0 Å². The van der Waals surface area contributed by atoms with Gasteiger partial charge in [-0.25, -0.2) is 0 Å². The Morgan fingerprint density at radius 3 is 2.47 bits per heavy atom. The fourth-order valence-electron chi connectivity index (χ4n) is 2.93. The first-order valence-electron chi connectivity index (χ1n) is 6.99. The first-order chi connectivity index (χ1) is 8.16. The fourth-order valence-corrected chi connectivity index (χ4v) is 2.93. The number of hydrogen-bond acceptors (Lipinski definition) is 2. The third kappa shape index (κ3) is 3.35. The van der Waals surface area contributed by atoms with E-state index in [0.717, 1.165) is 17.4 Å². The highest BCUT2D eigenvalue weighted by molar-refractivity contribution is 5.09. The molecule has 2 nitrogen and oxygen atoms in total. The molecule has 1 N–H and O–H groups in total. The summed E-state index contributed by atoms with van der Waals surface area (Å²) in [5, 5.41) is 3.69. The minimum absolute atomic E-state index is 0.320. The number of rotatable bonds is 4. The van der Waals surface area contributed by atoms with Crippen LogP contribution in [0.15, 0.2) is 16.5 Å². The number of aryl methyl sites for hydroxylation is 1. The molecule has 1 fully saturated rings. The first-order valence-corrected chi connectivity index (χ1v) is 6.99. The topological polar surface area (TPSA) is 25.2 Å². The summed E-state index contributed by atoms with van der Waals surface area (Å²) in [6.45, 7) is 6.51. The van der Waals surface area contributed by atoms with Gasteiger partial charge in [-0.15, -0.1) is 0 Å². The van der Waals surface area contributed by atoms with E-state index in [1.165, 1.54) is 32.1 Å². The summed E-state index contributed by atoms with van der Waals surface area (Å²) in [4.78, 5) is 0. The van der Waals surface area contributed by atoms with E-state index in [0.29, 0.717) is 12.1 Å². The van der Waals surface area contributed by atoms with Gasteiger partial charge in [-0.3, -0.25) is 0 Å². The Bertz CT molecular complexity index is 338. The summed E-state index contributed by atoms with van der Waals surface area (Å²) < 4.78 is 5.67. The maximum absolute atomic E-state index is 5.67. The SMILES string of the molecule is Cc1ccc(C(C)N[C@H](C)C2CCCCC2)o1. The highest BCUT2D eigenvalue weighted by Gasteiger charge is 2.22. The van der Waals surface area contributed by atoms with Crippen LogP contribution in [0.1, 0.15) is 63.5 Å². The van der Waals surface area contributed by atoms with Crippen LogP contribution in [0.5, 0.6) is 0 Å². The molecular weight excluding hydrogens is 210 g/mol. The second-order valence-electron chi connectivity index (χ2n) is 5.52. The van der Waals surface area contributed by atoms with Crippen molar-refractivity contribution in [2.45, 2.75) is 65.0 Å². The largest absolute Gasteiger partial charge is 0.465 e. The highest BCUT2D eigenvalue weighted by Crippen LogP contribution is 2.27. The summed E-state index contributed by atoms with van der Waals surface area (Å²) in [6.07, 6.45) is 7.02. The van der Waals surface area contributed by atoms with Gasteiger partial charge in [0, 0.05) is 6.04 Å². The molecule has 1 aromatic rings. The zero-order chi connectivity index (χ0) is 12.3. The lowest BCUT2D eigenvalue weighted by molar-refractivity contribution is 0.259. The monoisotopic (exact) mass is 235 g/mol. The first kappa shape index (κ1) is 12.7. The maximum atomic E-state index is 5.67. The van der Waals surface area contributed by atoms with Gasteiger partial charge in [-0.2, -0.15) is 0 Å². The van der Waals surface area contributed by atoms with Crippen LogP contribution >= 0.6 is 0 Å². The van der Waals surface area contributed by atoms with Crippen LogP contribution < -0.4 is 5.32 Å². The smallest absolute Gasteiger partial charge is 0.120 e. The Labute approximate surface area is 105 Å². The van der Waals surface area contributed by atoms with Crippen LogP contribution in [-0.2, 0) is 0 Å². The van der Waals surface area contributed by atoms with Crippen molar-refractivity contribution in [2.75, 3.05) is 0 Å². The van der Waals surface area contributed by atoms with E-state index >= 15 is 0 Å². The number of hydrogen-bond donors (Lipinski definition) is 1. The molecule has 1 unspecified atom stereocenters. The van der Waals surface area contributed by atoms with Crippen molar-refractivity contribution in [1.82, 2.24) is 5.32 Å². The Morgan fingerprint density at radius 1 is 1.18 bits per heavy atom. The third-order valence-corrected chi connectivity index (χ3v) is 4.06. The predicted octanol–water partition coefficient (Wildman–Crippen LogP) is 4.21. The van der Waals surface area contributed by atoms with Gasteiger partial charge in [-0.1, -0.05) is 19.3 Å². The van der Waals surface area contributed by atoms with Gasteiger partial charge in [0.25, 0.3) is 0 Å². The van der Waals surface area contributed by atoms with Gasteiger partial charge < -0.3 is 9.73 Å². The molecule has 0 spiro atoms. The third-order valence-electron chi connectivity index (χ3n) is 4.06. The minimum atomic E-state index is 0.320. The van der Waals surface area contributed by atoms with Crippen LogP contribution in [-0.4, -0.2) is 6.04 Å². The summed E-state index contributed by atoms with van der Waals surface area (Å²) >= 11 is 0. The Balaban J connectivity index is 1.87. The Morgan fingerprint density at radius 2 is 1.88 bits per heavy atom. The van der Waals surface area contributed by atoms with Crippen LogP contribution in [0.25, 0.3) is 0 Å². The molecule has 1 aliphatic rings. The molecule has 1 saturated carbocycles. The van der Waals surface area contributed by atoms with E-state index in [4.69, 9.17) is 4.42 Å². The lowest BCUT2D eigenvalue weighted by atomic mass is 9.84. The summed E-state index contributed by atoms with van der Waals surface area (Å²) in [5.74, 6) is 2.91. The molecule has 0 radical (unpaired) electrons. The molecule has 2 atom stereocenters. The normalized spacial score (nSPS) is 21.4. The van der Waals surface area contributed by atoms with Gasteiger partial charge in [-0.05, 0) is 51.7 Å². The van der Waals surface area contributed by atoms with Crippen molar-refractivity contribution in [3.8, 4) is 0 Å². The van der Waals surface area contributed by atoms with Crippen molar-refractivity contribution in [2.24, 2.45) is 5.92 Å². The molecular formula is C15H25NO. The fraction of sp³-hybridized carbons (Fsp3) is 0.733. The molecule has 2 rings (SSSR count). The molecule has 0 bridgehead atoms. The van der Waals surface area contributed by atoms with E-state index in [1.807, 2.05) is 13.0 Å². The zero-order valence-corrected chi connectivity index (χ0v) is 11.3.